The quantitative estimate of drug-likeness (QED) is 0.612. The average Bonchev–Trinajstić information content (AvgIpc) is 3.33. The van der Waals surface area contributed by atoms with Crippen molar-refractivity contribution in [2.45, 2.75) is 30.4 Å². The summed E-state index contributed by atoms with van der Waals surface area (Å²) in [5.74, 6) is 1.54. The molecule has 0 saturated heterocycles. The molecule has 0 radical (unpaired) electrons. The van der Waals surface area contributed by atoms with E-state index in [1.165, 1.54) is 11.8 Å². The lowest BCUT2D eigenvalue weighted by Crippen LogP contribution is -2.30. The molecule has 0 spiro atoms. The molecular formula is C18H20N4O3S. The Morgan fingerprint density at radius 3 is 2.85 bits per heavy atom. The normalized spacial score (nSPS) is 11.9. The van der Waals surface area contributed by atoms with Crippen LogP contribution in [0.15, 0.2) is 58.6 Å². The van der Waals surface area contributed by atoms with Crippen molar-refractivity contribution in [3.8, 4) is 5.75 Å². The zero-order chi connectivity index (χ0) is 18.4. The van der Waals surface area contributed by atoms with Gasteiger partial charge in [-0.25, -0.2) is 0 Å². The molecule has 1 amide bonds. The highest BCUT2D eigenvalue weighted by molar-refractivity contribution is 8.00. The lowest BCUT2D eigenvalue weighted by molar-refractivity contribution is -0.120. The van der Waals surface area contributed by atoms with Gasteiger partial charge in [0.15, 0.2) is 5.16 Å². The topological polar surface area (TPSA) is 82.2 Å². The summed E-state index contributed by atoms with van der Waals surface area (Å²) in [6.45, 7) is 2.84. The van der Waals surface area contributed by atoms with Gasteiger partial charge in [-0.3, -0.25) is 4.79 Å². The molecule has 3 rings (SSSR count). The predicted octanol–water partition coefficient (Wildman–Crippen LogP) is 2.73. The van der Waals surface area contributed by atoms with Gasteiger partial charge >= 0.3 is 0 Å². The maximum atomic E-state index is 12.4. The highest BCUT2D eigenvalue weighted by Crippen LogP contribution is 2.22. The minimum atomic E-state index is -0.298. The fraction of sp³-hybridized carbons (Fsp3) is 0.278. The van der Waals surface area contributed by atoms with Gasteiger partial charge in [0.1, 0.15) is 17.8 Å². The number of furan rings is 1. The molecule has 136 valence electrons. The number of hydrogen-bond acceptors (Lipinski definition) is 6. The van der Waals surface area contributed by atoms with Gasteiger partial charge in [0.25, 0.3) is 0 Å². The molecule has 0 aliphatic carbocycles. The van der Waals surface area contributed by atoms with Crippen LogP contribution in [-0.4, -0.2) is 33.0 Å². The van der Waals surface area contributed by atoms with Crippen LogP contribution >= 0.6 is 11.8 Å². The Kier molecular flexibility index (Phi) is 5.96. The molecular weight excluding hydrogens is 352 g/mol. The maximum Gasteiger partial charge on any atom is 0.233 e. The maximum absolute atomic E-state index is 12.4. The first kappa shape index (κ1) is 18.1. The first-order chi connectivity index (χ1) is 12.7. The van der Waals surface area contributed by atoms with Gasteiger partial charge < -0.3 is 19.0 Å². The lowest BCUT2D eigenvalue weighted by atomic mass is 10.2. The van der Waals surface area contributed by atoms with Gasteiger partial charge in [-0.05, 0) is 36.8 Å². The highest BCUT2D eigenvalue weighted by Gasteiger charge is 2.18. The minimum absolute atomic E-state index is 0.0571. The van der Waals surface area contributed by atoms with Crippen LogP contribution in [0.5, 0.6) is 5.75 Å². The molecule has 1 N–H and O–H groups in total. The molecule has 1 atom stereocenters. The predicted molar refractivity (Wildman–Crippen MR) is 98.0 cm³/mol. The van der Waals surface area contributed by atoms with Crippen LogP contribution in [0.25, 0.3) is 0 Å². The zero-order valence-corrected chi connectivity index (χ0v) is 15.4. The summed E-state index contributed by atoms with van der Waals surface area (Å²) < 4.78 is 12.3. The molecule has 1 unspecified atom stereocenters. The van der Waals surface area contributed by atoms with Crippen LogP contribution in [-0.2, 0) is 17.9 Å². The number of carbonyl (C=O) groups excluding carboxylic acids is 1. The number of amides is 1. The number of carbonyl (C=O) groups is 1. The standard InChI is InChI=1S/C18H20N4O3S/c1-13(17(23)19-10-14-5-7-15(24-2)8-6-14)26-18-21-20-12-22(18)11-16-4-3-9-25-16/h3-9,12-13H,10-11H2,1-2H3,(H,19,23). The fourth-order valence-electron chi connectivity index (χ4n) is 2.30. The molecule has 0 bridgehead atoms. The summed E-state index contributed by atoms with van der Waals surface area (Å²) in [6, 6.07) is 11.3. The number of nitrogens with zero attached hydrogens (tertiary/aromatic N) is 3. The number of ether oxygens (including phenoxy) is 1. The summed E-state index contributed by atoms with van der Waals surface area (Å²) in [5, 5.41) is 11.3. The Hall–Kier alpha value is -2.74. The van der Waals surface area contributed by atoms with Crippen molar-refractivity contribution in [3.05, 3.63) is 60.3 Å². The van der Waals surface area contributed by atoms with Crippen molar-refractivity contribution in [2.75, 3.05) is 7.11 Å². The van der Waals surface area contributed by atoms with E-state index in [1.54, 1.807) is 19.7 Å². The molecule has 2 heterocycles. The van der Waals surface area contributed by atoms with Crippen molar-refractivity contribution in [2.24, 2.45) is 0 Å². The van der Waals surface area contributed by atoms with E-state index in [2.05, 4.69) is 15.5 Å². The molecule has 0 saturated carbocycles. The van der Waals surface area contributed by atoms with Crippen molar-refractivity contribution in [1.82, 2.24) is 20.1 Å². The summed E-state index contributed by atoms with van der Waals surface area (Å²) in [7, 11) is 1.63. The Morgan fingerprint density at radius 1 is 1.35 bits per heavy atom. The molecule has 0 fully saturated rings. The van der Waals surface area contributed by atoms with E-state index in [0.717, 1.165) is 17.1 Å². The summed E-state index contributed by atoms with van der Waals surface area (Å²) >= 11 is 1.36. The zero-order valence-electron chi connectivity index (χ0n) is 14.6. The molecule has 1 aromatic carbocycles. The molecule has 2 aromatic heterocycles. The van der Waals surface area contributed by atoms with E-state index in [9.17, 15) is 4.79 Å². The van der Waals surface area contributed by atoms with Gasteiger partial charge in [0, 0.05) is 6.54 Å². The van der Waals surface area contributed by atoms with Crippen LogP contribution in [0.4, 0.5) is 0 Å². The van der Waals surface area contributed by atoms with Crippen molar-refractivity contribution >= 4 is 17.7 Å². The minimum Gasteiger partial charge on any atom is -0.497 e. The molecule has 3 aromatic rings. The molecule has 7 nitrogen and oxygen atoms in total. The molecule has 26 heavy (non-hydrogen) atoms. The van der Waals surface area contributed by atoms with E-state index >= 15 is 0 Å². The number of methoxy groups -OCH3 is 1. The molecule has 8 heteroatoms. The highest BCUT2D eigenvalue weighted by atomic mass is 32.2. The number of aromatic nitrogens is 3. The van der Waals surface area contributed by atoms with E-state index in [-0.39, 0.29) is 11.2 Å². The van der Waals surface area contributed by atoms with Crippen molar-refractivity contribution in [1.29, 1.82) is 0 Å². The van der Waals surface area contributed by atoms with Gasteiger partial charge in [-0.1, -0.05) is 23.9 Å². The van der Waals surface area contributed by atoms with Gasteiger partial charge in [0.05, 0.1) is 25.2 Å². The first-order valence-corrected chi connectivity index (χ1v) is 9.01. The van der Waals surface area contributed by atoms with Crippen LogP contribution in [0.2, 0.25) is 0 Å². The Balaban J connectivity index is 1.53. The third kappa shape index (κ3) is 4.66. The van der Waals surface area contributed by atoms with E-state index in [0.29, 0.717) is 18.2 Å². The summed E-state index contributed by atoms with van der Waals surface area (Å²) in [6.07, 6.45) is 3.26. The Morgan fingerprint density at radius 2 is 2.15 bits per heavy atom. The second-order valence-electron chi connectivity index (χ2n) is 5.65. The van der Waals surface area contributed by atoms with Crippen molar-refractivity contribution in [3.63, 3.8) is 0 Å². The van der Waals surface area contributed by atoms with Gasteiger partial charge in [0.2, 0.25) is 5.91 Å². The van der Waals surface area contributed by atoms with Crippen LogP contribution < -0.4 is 10.1 Å². The number of rotatable bonds is 8. The first-order valence-electron chi connectivity index (χ1n) is 8.13. The number of thioether (sulfide) groups is 1. The lowest BCUT2D eigenvalue weighted by Gasteiger charge is -2.12. The molecule has 0 aliphatic rings. The number of hydrogen-bond donors (Lipinski definition) is 1. The summed E-state index contributed by atoms with van der Waals surface area (Å²) in [5.41, 5.74) is 1.01. The second kappa shape index (κ2) is 8.57. The van der Waals surface area contributed by atoms with E-state index < -0.39 is 0 Å². The Labute approximate surface area is 155 Å². The van der Waals surface area contributed by atoms with Gasteiger partial charge in [-0.2, -0.15) is 0 Å². The average molecular weight is 372 g/mol. The fourth-order valence-corrected chi connectivity index (χ4v) is 3.15. The van der Waals surface area contributed by atoms with E-state index in [1.807, 2.05) is 47.9 Å². The third-order valence-electron chi connectivity index (χ3n) is 3.76. The van der Waals surface area contributed by atoms with Crippen LogP contribution in [0, 0.1) is 0 Å². The summed E-state index contributed by atoms with van der Waals surface area (Å²) in [4.78, 5) is 12.4. The smallest absolute Gasteiger partial charge is 0.233 e. The molecule has 0 aliphatic heterocycles. The third-order valence-corrected chi connectivity index (χ3v) is 4.86. The van der Waals surface area contributed by atoms with Crippen molar-refractivity contribution < 1.29 is 13.9 Å². The largest absolute Gasteiger partial charge is 0.497 e. The SMILES string of the molecule is COc1ccc(CNC(=O)C(C)Sc2nncn2Cc2ccco2)cc1. The van der Waals surface area contributed by atoms with Crippen LogP contribution in [0.1, 0.15) is 18.2 Å². The second-order valence-corrected chi connectivity index (χ2v) is 6.95. The number of benzene rings is 1. The monoisotopic (exact) mass is 372 g/mol. The number of nitrogens with one attached hydrogen (secondary N) is 1. The Bertz CT molecular complexity index is 831. The van der Waals surface area contributed by atoms with Crippen LogP contribution in [0.3, 0.4) is 0 Å². The van der Waals surface area contributed by atoms with Gasteiger partial charge in [-0.15, -0.1) is 10.2 Å². The van der Waals surface area contributed by atoms with E-state index in [4.69, 9.17) is 9.15 Å².